The van der Waals surface area contributed by atoms with Crippen LogP contribution in [0.1, 0.15) is 6.42 Å². The fraction of sp³-hybridized carbons (Fsp3) is 1.00. The van der Waals surface area contributed by atoms with Gasteiger partial charge in [0.25, 0.3) is 0 Å². The fourth-order valence-corrected chi connectivity index (χ4v) is 6.60. The molecule has 1 saturated heterocycles. The lowest BCUT2D eigenvalue weighted by atomic mass is 10.4. The van der Waals surface area contributed by atoms with Crippen molar-refractivity contribution >= 4 is 29.5 Å². The molecule has 0 aromatic rings. The molecule has 7 heteroatoms. The molecular formula is C5H10O4S3. The molecular weight excluding hydrogens is 220 g/mol. The number of sulfone groups is 1. The monoisotopic (exact) mass is 230 g/mol. The molecule has 1 fully saturated rings. The van der Waals surface area contributed by atoms with Gasteiger partial charge in [0.05, 0.1) is 11.5 Å². The average Bonchev–Trinajstić information content (AvgIpc) is 2.05. The van der Waals surface area contributed by atoms with E-state index in [0.717, 1.165) is 17.0 Å². The zero-order chi connectivity index (χ0) is 9.41. The Morgan fingerprint density at radius 1 is 1.42 bits per heavy atom. The van der Waals surface area contributed by atoms with Crippen LogP contribution < -0.4 is 0 Å². The van der Waals surface area contributed by atoms with Crippen LogP contribution >= 0.6 is 10.8 Å². The summed E-state index contributed by atoms with van der Waals surface area (Å²) >= 11 is 0. The number of hydrogen-bond donors (Lipinski definition) is 0. The third-order valence-corrected chi connectivity index (χ3v) is 6.37. The van der Waals surface area contributed by atoms with Crippen molar-refractivity contribution in [3.63, 3.8) is 0 Å². The zero-order valence-corrected chi connectivity index (χ0v) is 9.01. The highest BCUT2D eigenvalue weighted by molar-refractivity contribution is 8.72. The Labute approximate surface area is 76.0 Å². The Balaban J connectivity index is 2.61. The maximum absolute atomic E-state index is 10.9. The summed E-state index contributed by atoms with van der Waals surface area (Å²) < 4.78 is 43.4. The standard InChI is InChI=1S/C5H10O4S3/c1-11(6,7)10-5-2-3-12(8,9)4-5/h5H,2-4H2,1H3. The maximum Gasteiger partial charge on any atom is 0.198 e. The third kappa shape index (κ3) is 3.32. The minimum Gasteiger partial charge on any atom is -0.229 e. The van der Waals surface area contributed by atoms with Gasteiger partial charge in [-0.05, 0) is 17.2 Å². The van der Waals surface area contributed by atoms with Crippen molar-refractivity contribution in [3.05, 3.63) is 0 Å². The average molecular weight is 230 g/mol. The molecule has 0 radical (unpaired) electrons. The van der Waals surface area contributed by atoms with Crippen LogP contribution in [0.2, 0.25) is 0 Å². The molecule has 1 atom stereocenters. The van der Waals surface area contributed by atoms with Crippen molar-refractivity contribution in [2.75, 3.05) is 17.8 Å². The molecule has 1 aliphatic rings. The van der Waals surface area contributed by atoms with Gasteiger partial charge in [-0.25, -0.2) is 16.8 Å². The number of rotatable bonds is 2. The summed E-state index contributed by atoms with van der Waals surface area (Å²) in [5.41, 5.74) is 0. The summed E-state index contributed by atoms with van der Waals surface area (Å²) in [6.45, 7) is 0. The molecule has 0 saturated carbocycles. The molecule has 1 rings (SSSR count). The van der Waals surface area contributed by atoms with Crippen LogP contribution in [0.4, 0.5) is 0 Å². The summed E-state index contributed by atoms with van der Waals surface area (Å²) in [5, 5.41) is -0.259. The first-order chi connectivity index (χ1) is 5.29. The van der Waals surface area contributed by atoms with Gasteiger partial charge in [-0.1, -0.05) is 0 Å². The highest BCUT2D eigenvalue weighted by Crippen LogP contribution is 2.27. The second-order valence-electron chi connectivity index (χ2n) is 2.83. The third-order valence-electron chi connectivity index (χ3n) is 1.50. The molecule has 0 spiro atoms. The molecule has 0 bridgehead atoms. The van der Waals surface area contributed by atoms with Gasteiger partial charge in [-0.3, -0.25) is 0 Å². The van der Waals surface area contributed by atoms with Crippen molar-refractivity contribution in [2.24, 2.45) is 0 Å². The molecule has 1 aliphatic heterocycles. The maximum atomic E-state index is 10.9. The molecule has 0 aliphatic carbocycles. The van der Waals surface area contributed by atoms with E-state index >= 15 is 0 Å². The first kappa shape index (κ1) is 10.3. The van der Waals surface area contributed by atoms with Crippen LogP contribution in [0.3, 0.4) is 0 Å². The lowest BCUT2D eigenvalue weighted by Crippen LogP contribution is -2.08. The van der Waals surface area contributed by atoms with E-state index in [1.54, 1.807) is 0 Å². The molecule has 72 valence electrons. The Kier molecular flexibility index (Phi) is 2.75. The summed E-state index contributed by atoms with van der Waals surface area (Å²) in [6.07, 6.45) is 1.56. The zero-order valence-electron chi connectivity index (χ0n) is 6.56. The first-order valence-corrected chi connectivity index (χ1v) is 8.48. The van der Waals surface area contributed by atoms with Crippen molar-refractivity contribution < 1.29 is 16.8 Å². The van der Waals surface area contributed by atoms with E-state index in [0.29, 0.717) is 6.42 Å². The predicted octanol–water partition coefficient (Wildman–Crippen LogP) is -0.134. The highest BCUT2D eigenvalue weighted by Gasteiger charge is 2.30. The van der Waals surface area contributed by atoms with Gasteiger partial charge in [0.15, 0.2) is 18.7 Å². The van der Waals surface area contributed by atoms with Gasteiger partial charge in [0.2, 0.25) is 0 Å². The first-order valence-electron chi connectivity index (χ1n) is 3.37. The fourth-order valence-electron chi connectivity index (χ4n) is 1.08. The normalized spacial score (nSPS) is 28.9. The Morgan fingerprint density at radius 3 is 2.33 bits per heavy atom. The smallest absolute Gasteiger partial charge is 0.198 e. The molecule has 1 unspecified atom stereocenters. The van der Waals surface area contributed by atoms with E-state index in [9.17, 15) is 16.8 Å². The second kappa shape index (κ2) is 3.19. The minimum atomic E-state index is -3.11. The lowest BCUT2D eigenvalue weighted by Gasteiger charge is -2.02. The molecule has 0 amide bonds. The topological polar surface area (TPSA) is 68.3 Å². The van der Waals surface area contributed by atoms with E-state index in [1.807, 2.05) is 0 Å². The minimum absolute atomic E-state index is 0.00470. The molecule has 0 aromatic heterocycles. The second-order valence-corrected chi connectivity index (χ2v) is 9.72. The van der Waals surface area contributed by atoms with Crippen LogP contribution in [0.5, 0.6) is 0 Å². The van der Waals surface area contributed by atoms with E-state index in [-0.39, 0.29) is 16.8 Å². The highest BCUT2D eigenvalue weighted by atomic mass is 33.1. The van der Waals surface area contributed by atoms with Crippen LogP contribution in [-0.2, 0) is 18.7 Å². The quantitative estimate of drug-likeness (QED) is 0.618. The number of hydrogen-bond acceptors (Lipinski definition) is 5. The molecule has 4 nitrogen and oxygen atoms in total. The molecule has 1 heterocycles. The van der Waals surface area contributed by atoms with Crippen LogP contribution in [0.15, 0.2) is 0 Å². The van der Waals surface area contributed by atoms with Crippen LogP contribution in [0, 0.1) is 0 Å². The summed E-state index contributed by atoms with van der Waals surface area (Å²) in [6, 6.07) is 0. The summed E-state index contributed by atoms with van der Waals surface area (Å²) in [5.74, 6) is 0.130. The van der Waals surface area contributed by atoms with Crippen molar-refractivity contribution in [3.8, 4) is 0 Å². The van der Waals surface area contributed by atoms with Gasteiger partial charge < -0.3 is 0 Å². The van der Waals surface area contributed by atoms with E-state index in [2.05, 4.69) is 0 Å². The Morgan fingerprint density at radius 2 is 2.00 bits per heavy atom. The predicted molar refractivity (Wildman–Crippen MR) is 49.5 cm³/mol. The van der Waals surface area contributed by atoms with Gasteiger partial charge in [0.1, 0.15) is 0 Å². The molecule has 0 N–H and O–H groups in total. The van der Waals surface area contributed by atoms with Gasteiger partial charge in [-0.15, -0.1) is 0 Å². The van der Waals surface area contributed by atoms with Gasteiger partial charge in [-0.2, -0.15) is 0 Å². The van der Waals surface area contributed by atoms with Crippen LogP contribution in [-0.4, -0.2) is 39.8 Å². The SMILES string of the molecule is CS(=O)(=O)SC1CCS(=O)(=O)C1. The van der Waals surface area contributed by atoms with Gasteiger partial charge >= 0.3 is 0 Å². The Bertz CT molecular complexity index is 352. The molecule has 0 aromatic carbocycles. The summed E-state index contributed by atoms with van der Waals surface area (Å²) in [7, 11) is -5.30. The van der Waals surface area contributed by atoms with Gasteiger partial charge in [0, 0.05) is 11.5 Å². The van der Waals surface area contributed by atoms with Crippen molar-refractivity contribution in [1.29, 1.82) is 0 Å². The van der Waals surface area contributed by atoms with Crippen LogP contribution in [0.25, 0.3) is 0 Å². The van der Waals surface area contributed by atoms with Crippen molar-refractivity contribution in [1.82, 2.24) is 0 Å². The lowest BCUT2D eigenvalue weighted by molar-refractivity contribution is 0.602. The Hall–Kier alpha value is 0.250. The largest absolute Gasteiger partial charge is 0.229 e. The van der Waals surface area contributed by atoms with E-state index < -0.39 is 18.7 Å². The van der Waals surface area contributed by atoms with Crippen molar-refractivity contribution in [2.45, 2.75) is 11.7 Å². The van der Waals surface area contributed by atoms with E-state index in [4.69, 9.17) is 0 Å². The van der Waals surface area contributed by atoms with E-state index in [1.165, 1.54) is 0 Å². The molecule has 12 heavy (non-hydrogen) atoms. The summed E-state index contributed by atoms with van der Waals surface area (Å²) in [4.78, 5) is 0.